The highest BCUT2D eigenvalue weighted by atomic mass is 35.5. The van der Waals surface area contributed by atoms with Crippen LogP contribution in [0.3, 0.4) is 0 Å². The molecular formula is C28H40ClN4O8P. The van der Waals surface area contributed by atoms with Gasteiger partial charge in [0.1, 0.15) is 35.7 Å². The van der Waals surface area contributed by atoms with E-state index in [1.54, 1.807) is 53.4 Å². The van der Waals surface area contributed by atoms with Crippen molar-refractivity contribution in [2.24, 2.45) is 16.8 Å². The Labute approximate surface area is 250 Å². The van der Waals surface area contributed by atoms with Crippen molar-refractivity contribution >= 4 is 31.5 Å². The number of carbonyl (C=O) groups excluding carboxylic acids is 1. The van der Waals surface area contributed by atoms with E-state index in [1.807, 2.05) is 13.8 Å². The molecule has 0 saturated carbocycles. The van der Waals surface area contributed by atoms with Gasteiger partial charge in [0.2, 0.25) is 0 Å². The monoisotopic (exact) mass is 626 g/mol. The highest BCUT2D eigenvalue weighted by molar-refractivity contribution is 7.52. The number of benzene rings is 1. The molecule has 0 aliphatic carbocycles. The molecule has 0 spiro atoms. The minimum Gasteiger partial charge on any atom is -0.464 e. The van der Waals surface area contributed by atoms with Gasteiger partial charge in [-0.2, -0.15) is 10.2 Å². The number of aliphatic hydroxyl groups is 2. The standard InChI is InChI=1S/C28H40ClN4O8P/c1-4-19(5-2)15-38-27(36)18(3)32-42(37,41-20-9-7-6-8-10-20)39-17-28(16-29)26(35)24(34)25(40-28)23-12-11-22-21(30)13-14-31-33(22)23/h6-12,14,18-19,21,24-26,34-35H,4-5,13,15-17,30H2,1-3H3,(H,32,37)/t18-,21?,24-,25-,26-,28+,42?/m0/s1. The lowest BCUT2D eigenvalue weighted by atomic mass is 9.96. The first-order chi connectivity index (χ1) is 20.1. The van der Waals surface area contributed by atoms with E-state index >= 15 is 0 Å². The average Bonchev–Trinajstić information content (AvgIpc) is 3.52. The van der Waals surface area contributed by atoms with E-state index in [0.717, 1.165) is 18.5 Å². The summed E-state index contributed by atoms with van der Waals surface area (Å²) in [5.74, 6) is -0.526. The Hall–Kier alpha value is -2.28. The summed E-state index contributed by atoms with van der Waals surface area (Å²) in [6.07, 6.45) is -0.0547. The zero-order chi connectivity index (χ0) is 30.5. The molecule has 0 amide bonds. The van der Waals surface area contributed by atoms with Crippen LogP contribution in [0, 0.1) is 5.92 Å². The van der Waals surface area contributed by atoms with Crippen LogP contribution in [0.2, 0.25) is 0 Å². The van der Waals surface area contributed by atoms with E-state index in [9.17, 15) is 19.6 Å². The summed E-state index contributed by atoms with van der Waals surface area (Å²) < 4.78 is 38.7. The molecule has 42 heavy (non-hydrogen) atoms. The number of hydrogen-bond acceptors (Lipinski definition) is 10. The zero-order valence-electron chi connectivity index (χ0n) is 24.0. The van der Waals surface area contributed by atoms with Crippen molar-refractivity contribution in [3.8, 4) is 5.75 Å². The molecule has 0 bridgehead atoms. The lowest BCUT2D eigenvalue weighted by Gasteiger charge is -2.32. The maximum atomic E-state index is 14.0. The number of carbonyl (C=O) groups is 1. The Morgan fingerprint density at radius 3 is 2.60 bits per heavy atom. The largest absolute Gasteiger partial charge is 0.464 e. The van der Waals surface area contributed by atoms with Crippen LogP contribution in [-0.4, -0.2) is 70.0 Å². The molecule has 232 valence electrons. The third kappa shape index (κ3) is 7.09. The molecule has 2 unspecified atom stereocenters. The van der Waals surface area contributed by atoms with Crippen molar-refractivity contribution in [1.29, 1.82) is 0 Å². The van der Waals surface area contributed by atoms with Crippen molar-refractivity contribution in [3.63, 3.8) is 0 Å². The van der Waals surface area contributed by atoms with Crippen LogP contribution in [-0.2, 0) is 23.4 Å². The second kappa shape index (κ2) is 14.0. The molecule has 3 heterocycles. The molecule has 2 aliphatic rings. The van der Waals surface area contributed by atoms with E-state index in [1.165, 1.54) is 6.92 Å². The molecule has 1 fully saturated rings. The molecule has 12 nitrogen and oxygen atoms in total. The van der Waals surface area contributed by atoms with Gasteiger partial charge in [0, 0.05) is 12.6 Å². The number of nitrogens with two attached hydrogens (primary N) is 1. The maximum Gasteiger partial charge on any atom is 0.459 e. The van der Waals surface area contributed by atoms with Gasteiger partial charge >= 0.3 is 13.7 Å². The van der Waals surface area contributed by atoms with Crippen LogP contribution >= 0.6 is 19.3 Å². The number of fused-ring (bicyclic) bond motifs is 1. The lowest BCUT2D eigenvalue weighted by Crippen LogP contribution is -2.49. The van der Waals surface area contributed by atoms with Gasteiger partial charge in [0.05, 0.1) is 36.5 Å². The first kappa shape index (κ1) is 32.6. The quantitative estimate of drug-likeness (QED) is 0.138. The van der Waals surface area contributed by atoms with Gasteiger partial charge in [0.15, 0.2) is 0 Å². The predicted octanol–water partition coefficient (Wildman–Crippen LogP) is 3.66. The van der Waals surface area contributed by atoms with Crippen molar-refractivity contribution in [2.75, 3.05) is 19.1 Å². The van der Waals surface area contributed by atoms with Crippen LogP contribution in [0.15, 0.2) is 47.6 Å². The summed E-state index contributed by atoms with van der Waals surface area (Å²) in [5.41, 5.74) is 5.68. The highest BCUT2D eigenvalue weighted by Crippen LogP contribution is 2.49. The molecule has 7 atom stereocenters. The fraction of sp³-hybridized carbons (Fsp3) is 0.571. The van der Waals surface area contributed by atoms with E-state index in [0.29, 0.717) is 12.1 Å². The minimum atomic E-state index is -4.30. The van der Waals surface area contributed by atoms with Gasteiger partial charge in [0.25, 0.3) is 0 Å². The van der Waals surface area contributed by atoms with Crippen molar-refractivity contribution in [1.82, 2.24) is 9.76 Å². The number of halogens is 1. The normalized spacial score (nSPS) is 27.4. The number of esters is 1. The molecular weight excluding hydrogens is 587 g/mol. The lowest BCUT2D eigenvalue weighted by molar-refractivity contribution is -0.146. The van der Waals surface area contributed by atoms with Crippen molar-refractivity contribution in [2.45, 2.75) is 76.0 Å². The summed E-state index contributed by atoms with van der Waals surface area (Å²) >= 11 is 6.30. The third-order valence-corrected chi connectivity index (χ3v) is 9.75. The van der Waals surface area contributed by atoms with Crippen LogP contribution in [0.5, 0.6) is 5.75 Å². The SMILES string of the molecule is CCC(CC)COC(=O)[C@H](C)NP(=O)(OC[C@@]1(CCl)O[C@@H](c2ccc3n2N=CCC3N)[C@H](O)[C@@H]1O)Oc1ccccc1. The van der Waals surface area contributed by atoms with Crippen molar-refractivity contribution in [3.05, 3.63) is 53.9 Å². The molecule has 2 aromatic rings. The summed E-state index contributed by atoms with van der Waals surface area (Å²) in [6.45, 7) is 5.20. The summed E-state index contributed by atoms with van der Waals surface area (Å²) in [6, 6.07) is 10.4. The van der Waals surface area contributed by atoms with E-state index < -0.39 is 50.3 Å². The number of nitrogens with one attached hydrogen (secondary N) is 1. The number of ether oxygens (including phenoxy) is 2. The summed E-state index contributed by atoms with van der Waals surface area (Å²) in [7, 11) is -4.30. The van der Waals surface area contributed by atoms with Crippen LogP contribution in [0.4, 0.5) is 0 Å². The molecule has 4 rings (SSSR count). The highest BCUT2D eigenvalue weighted by Gasteiger charge is 2.56. The summed E-state index contributed by atoms with van der Waals surface area (Å²) in [4.78, 5) is 12.7. The number of para-hydroxylation sites is 1. The topological polar surface area (TPSA) is 167 Å². The molecule has 1 aromatic heterocycles. The average molecular weight is 627 g/mol. The molecule has 2 aliphatic heterocycles. The zero-order valence-corrected chi connectivity index (χ0v) is 25.6. The Balaban J connectivity index is 1.53. The van der Waals surface area contributed by atoms with E-state index in [2.05, 4.69) is 10.2 Å². The van der Waals surface area contributed by atoms with Gasteiger partial charge in [-0.3, -0.25) is 9.32 Å². The molecule has 5 N–H and O–H groups in total. The molecule has 1 aromatic carbocycles. The summed E-state index contributed by atoms with van der Waals surface area (Å²) in [5, 5.41) is 29.1. The van der Waals surface area contributed by atoms with Gasteiger partial charge in [-0.25, -0.2) is 9.24 Å². The van der Waals surface area contributed by atoms with Crippen LogP contribution in [0.1, 0.15) is 63.6 Å². The maximum absolute atomic E-state index is 14.0. The van der Waals surface area contributed by atoms with Gasteiger partial charge < -0.3 is 29.9 Å². The smallest absolute Gasteiger partial charge is 0.459 e. The number of aliphatic hydroxyl groups excluding tert-OH is 2. The van der Waals surface area contributed by atoms with Gasteiger partial charge in [-0.05, 0) is 37.1 Å². The molecule has 14 heteroatoms. The Morgan fingerprint density at radius 2 is 1.93 bits per heavy atom. The Morgan fingerprint density at radius 1 is 1.24 bits per heavy atom. The first-order valence-electron chi connectivity index (χ1n) is 14.1. The van der Waals surface area contributed by atoms with Crippen molar-refractivity contribution < 1.29 is 38.1 Å². The van der Waals surface area contributed by atoms with Gasteiger partial charge in [-0.15, -0.1) is 11.6 Å². The van der Waals surface area contributed by atoms with E-state index in [-0.39, 0.29) is 30.2 Å². The predicted molar refractivity (Wildman–Crippen MR) is 157 cm³/mol. The number of nitrogens with zero attached hydrogens (tertiary/aromatic N) is 2. The molecule has 1 saturated heterocycles. The minimum absolute atomic E-state index is 0.210. The fourth-order valence-electron chi connectivity index (χ4n) is 4.87. The first-order valence-corrected chi connectivity index (χ1v) is 16.2. The second-order valence-corrected chi connectivity index (χ2v) is 12.6. The second-order valence-electron chi connectivity index (χ2n) is 10.6. The Kier molecular flexibility index (Phi) is 10.9. The van der Waals surface area contributed by atoms with Gasteiger partial charge in [-0.1, -0.05) is 44.9 Å². The Bertz CT molecular complexity index is 1280. The van der Waals surface area contributed by atoms with Crippen LogP contribution < -0.4 is 15.3 Å². The number of aromatic nitrogens is 1. The number of hydrogen-bond donors (Lipinski definition) is 4. The third-order valence-electron chi connectivity index (χ3n) is 7.67. The fourth-order valence-corrected chi connectivity index (χ4v) is 6.72. The molecule has 0 radical (unpaired) electrons. The van der Waals surface area contributed by atoms with E-state index in [4.69, 9.17) is 35.9 Å². The number of rotatable bonds is 14. The van der Waals surface area contributed by atoms with Crippen LogP contribution in [0.25, 0.3) is 0 Å². The number of alkyl halides is 1.